The number of aromatic nitrogens is 2. The number of carbonyl (C=O) groups excluding carboxylic acids is 2. The van der Waals surface area contributed by atoms with Gasteiger partial charge in [0, 0.05) is 29.6 Å². The third-order valence-electron chi connectivity index (χ3n) is 5.80. The number of anilines is 3. The Morgan fingerprint density at radius 1 is 1.18 bits per heavy atom. The minimum absolute atomic E-state index is 0.00862. The molecule has 0 spiro atoms. The summed E-state index contributed by atoms with van der Waals surface area (Å²) in [5.74, 6) is -5.46. The third-order valence-corrected chi connectivity index (χ3v) is 5.80. The molecule has 1 atom stereocenters. The van der Waals surface area contributed by atoms with Gasteiger partial charge in [-0.15, -0.1) is 0 Å². The van der Waals surface area contributed by atoms with Gasteiger partial charge in [0.25, 0.3) is 5.92 Å². The van der Waals surface area contributed by atoms with Crippen molar-refractivity contribution < 1.29 is 28.3 Å². The van der Waals surface area contributed by atoms with Crippen molar-refractivity contribution in [2.45, 2.75) is 18.9 Å². The molecule has 0 bridgehead atoms. The second-order valence-corrected chi connectivity index (χ2v) is 8.22. The number of alkyl halides is 2. The van der Waals surface area contributed by atoms with Gasteiger partial charge in [-0.05, 0) is 24.3 Å². The number of Topliss-reactive ketones (excluding diaryl/α,β-unsaturated/α-hetero) is 1. The van der Waals surface area contributed by atoms with Crippen LogP contribution in [0, 0.1) is 5.92 Å². The summed E-state index contributed by atoms with van der Waals surface area (Å²) >= 11 is 0. The molecule has 1 saturated carbocycles. The number of rotatable bonds is 5. The SMILES string of the molecule is O=C1CN(C(=O)O)Cc2[nH]c(-c3ccnc(NC(=O)C4CC4(F)F)c3)c(Nc3ccccc3)c21. The van der Waals surface area contributed by atoms with Gasteiger partial charge in [-0.1, -0.05) is 18.2 Å². The Bertz CT molecular complexity index is 1310. The number of amides is 2. The van der Waals surface area contributed by atoms with Crippen LogP contribution in [0.4, 0.5) is 30.8 Å². The number of carboxylic acid groups (broad SMARTS) is 1. The first-order chi connectivity index (χ1) is 16.2. The van der Waals surface area contributed by atoms with E-state index in [4.69, 9.17) is 0 Å². The van der Waals surface area contributed by atoms with E-state index in [9.17, 15) is 28.3 Å². The largest absolute Gasteiger partial charge is 0.465 e. The zero-order valence-corrected chi connectivity index (χ0v) is 17.6. The van der Waals surface area contributed by atoms with E-state index in [2.05, 4.69) is 20.6 Å². The first-order valence-electron chi connectivity index (χ1n) is 10.5. The molecule has 174 valence electrons. The minimum Gasteiger partial charge on any atom is -0.465 e. The van der Waals surface area contributed by atoms with E-state index in [1.54, 1.807) is 6.07 Å². The second-order valence-electron chi connectivity index (χ2n) is 8.22. The van der Waals surface area contributed by atoms with Crippen molar-refractivity contribution in [1.29, 1.82) is 0 Å². The predicted octanol–water partition coefficient (Wildman–Crippen LogP) is 4.09. The van der Waals surface area contributed by atoms with Crippen LogP contribution in [0.2, 0.25) is 0 Å². The van der Waals surface area contributed by atoms with Crippen LogP contribution in [0.5, 0.6) is 0 Å². The first-order valence-corrected chi connectivity index (χ1v) is 10.5. The molecule has 2 aliphatic rings. The fraction of sp³-hybridized carbons (Fsp3) is 0.217. The number of nitrogens with one attached hydrogen (secondary N) is 3. The van der Waals surface area contributed by atoms with Crippen molar-refractivity contribution in [2.24, 2.45) is 5.92 Å². The van der Waals surface area contributed by atoms with Gasteiger partial charge in [0.1, 0.15) is 11.7 Å². The summed E-state index contributed by atoms with van der Waals surface area (Å²) in [6.07, 6.45) is -0.290. The van der Waals surface area contributed by atoms with Crippen LogP contribution < -0.4 is 10.6 Å². The molecule has 9 nitrogen and oxygen atoms in total. The number of hydrogen-bond donors (Lipinski definition) is 4. The van der Waals surface area contributed by atoms with Gasteiger partial charge in [0.15, 0.2) is 5.78 Å². The van der Waals surface area contributed by atoms with Crippen LogP contribution >= 0.6 is 0 Å². The van der Waals surface area contributed by atoms with E-state index >= 15 is 0 Å². The van der Waals surface area contributed by atoms with E-state index in [-0.39, 0.29) is 24.7 Å². The lowest BCUT2D eigenvalue weighted by Crippen LogP contribution is -2.38. The molecular formula is C23H19F2N5O4. The Kier molecular flexibility index (Phi) is 5.03. The van der Waals surface area contributed by atoms with Crippen molar-refractivity contribution in [3.8, 4) is 11.3 Å². The highest BCUT2D eigenvalue weighted by molar-refractivity contribution is 6.09. The smallest absolute Gasteiger partial charge is 0.408 e. The maximum Gasteiger partial charge on any atom is 0.408 e. The molecule has 1 aromatic carbocycles. The zero-order valence-electron chi connectivity index (χ0n) is 17.6. The summed E-state index contributed by atoms with van der Waals surface area (Å²) in [6, 6.07) is 12.3. The van der Waals surface area contributed by atoms with Gasteiger partial charge in [-0.3, -0.25) is 14.5 Å². The topological polar surface area (TPSA) is 127 Å². The Morgan fingerprint density at radius 3 is 2.59 bits per heavy atom. The molecule has 1 fully saturated rings. The highest BCUT2D eigenvalue weighted by Crippen LogP contribution is 2.49. The van der Waals surface area contributed by atoms with Gasteiger partial charge in [0.2, 0.25) is 5.91 Å². The molecule has 2 aromatic heterocycles. The van der Waals surface area contributed by atoms with Crippen molar-refractivity contribution in [3.05, 3.63) is 59.9 Å². The number of aromatic amines is 1. The fourth-order valence-corrected chi connectivity index (χ4v) is 3.99. The highest BCUT2D eigenvalue weighted by Gasteiger charge is 2.61. The molecule has 0 radical (unpaired) electrons. The molecule has 4 N–H and O–H groups in total. The molecule has 3 aromatic rings. The average Bonchev–Trinajstić information content (AvgIpc) is 3.29. The van der Waals surface area contributed by atoms with E-state index in [1.807, 2.05) is 30.3 Å². The molecule has 1 aliphatic heterocycles. The Balaban J connectivity index is 1.53. The van der Waals surface area contributed by atoms with Crippen molar-refractivity contribution in [1.82, 2.24) is 14.9 Å². The minimum atomic E-state index is -3.00. The summed E-state index contributed by atoms with van der Waals surface area (Å²) in [4.78, 5) is 44.6. The number of halogens is 2. The van der Waals surface area contributed by atoms with Crippen LogP contribution in [0.25, 0.3) is 11.3 Å². The van der Waals surface area contributed by atoms with Gasteiger partial charge >= 0.3 is 6.09 Å². The number of hydrogen-bond acceptors (Lipinski definition) is 5. The maximum absolute atomic E-state index is 13.2. The quantitative estimate of drug-likeness (QED) is 0.448. The maximum atomic E-state index is 13.2. The molecule has 11 heteroatoms. The summed E-state index contributed by atoms with van der Waals surface area (Å²) in [7, 11) is 0. The summed E-state index contributed by atoms with van der Waals surface area (Å²) in [5, 5.41) is 15.0. The number of para-hydroxylation sites is 1. The standard InChI is InChI=1S/C23H19F2N5O4/c24-23(25)9-14(23)21(32)29-17-8-12(6-7-26-17)19-20(27-13-4-2-1-3-5-13)18-15(28-19)10-30(22(33)34)11-16(18)31/h1-8,14,27-28H,9-11H2,(H,33,34)(H,26,29,32). The summed E-state index contributed by atoms with van der Waals surface area (Å²) < 4.78 is 26.5. The van der Waals surface area contributed by atoms with Crippen LogP contribution in [0.15, 0.2) is 48.7 Å². The molecule has 1 aliphatic carbocycles. The Labute approximate surface area is 191 Å². The monoisotopic (exact) mass is 467 g/mol. The van der Waals surface area contributed by atoms with E-state index in [0.29, 0.717) is 33.9 Å². The third kappa shape index (κ3) is 3.96. The van der Waals surface area contributed by atoms with Crippen LogP contribution in [0.3, 0.4) is 0 Å². The van der Waals surface area contributed by atoms with Crippen molar-refractivity contribution in [2.75, 3.05) is 17.2 Å². The predicted molar refractivity (Wildman–Crippen MR) is 118 cm³/mol. The lowest BCUT2D eigenvalue weighted by atomic mass is 10.0. The lowest BCUT2D eigenvalue weighted by molar-refractivity contribution is -0.119. The highest BCUT2D eigenvalue weighted by atomic mass is 19.3. The molecule has 3 heterocycles. The number of pyridine rings is 1. The Hall–Kier alpha value is -4.28. The van der Waals surface area contributed by atoms with Crippen LogP contribution in [0.1, 0.15) is 22.5 Å². The number of nitrogens with zero attached hydrogens (tertiary/aromatic N) is 2. The van der Waals surface area contributed by atoms with Crippen molar-refractivity contribution >= 4 is 35.0 Å². The number of carbonyl (C=O) groups is 3. The van der Waals surface area contributed by atoms with Crippen LogP contribution in [-0.4, -0.2) is 50.2 Å². The Morgan fingerprint density at radius 2 is 1.91 bits per heavy atom. The molecule has 34 heavy (non-hydrogen) atoms. The number of H-pyrrole nitrogens is 1. The molecule has 5 rings (SSSR count). The molecular weight excluding hydrogens is 448 g/mol. The van der Waals surface area contributed by atoms with Gasteiger partial charge in [-0.25, -0.2) is 18.6 Å². The number of benzene rings is 1. The summed E-state index contributed by atoms with van der Waals surface area (Å²) in [6.45, 7) is -0.290. The summed E-state index contributed by atoms with van der Waals surface area (Å²) in [5.41, 5.74) is 2.92. The first kappa shape index (κ1) is 21.6. The van der Waals surface area contributed by atoms with E-state index in [1.165, 1.54) is 12.3 Å². The molecule has 2 amide bonds. The molecule has 1 unspecified atom stereocenters. The van der Waals surface area contributed by atoms with Gasteiger partial charge in [0.05, 0.1) is 30.0 Å². The second kappa shape index (κ2) is 7.94. The normalized spacial score (nSPS) is 18.2. The zero-order chi connectivity index (χ0) is 24.0. The van der Waals surface area contributed by atoms with Gasteiger partial charge < -0.3 is 20.7 Å². The van der Waals surface area contributed by atoms with Crippen LogP contribution in [-0.2, 0) is 11.3 Å². The number of fused-ring (bicyclic) bond motifs is 1. The van der Waals surface area contributed by atoms with Crippen molar-refractivity contribution in [3.63, 3.8) is 0 Å². The average molecular weight is 467 g/mol. The fourth-order valence-electron chi connectivity index (χ4n) is 3.99. The molecule has 0 saturated heterocycles. The van der Waals surface area contributed by atoms with E-state index < -0.39 is 30.3 Å². The number of ketones is 1. The van der Waals surface area contributed by atoms with E-state index in [0.717, 1.165) is 4.90 Å². The lowest BCUT2D eigenvalue weighted by Gasteiger charge is -2.23. The van der Waals surface area contributed by atoms with Gasteiger partial charge in [-0.2, -0.15) is 0 Å².